The largest absolute Gasteiger partial charge is 0.332 e. The van der Waals surface area contributed by atoms with Crippen molar-refractivity contribution in [3.05, 3.63) is 40.9 Å². The van der Waals surface area contributed by atoms with E-state index in [2.05, 4.69) is 50.0 Å². The van der Waals surface area contributed by atoms with Gasteiger partial charge in [-0.1, -0.05) is 29.8 Å². The van der Waals surface area contributed by atoms with Gasteiger partial charge in [-0.25, -0.2) is 4.98 Å². The van der Waals surface area contributed by atoms with Crippen LogP contribution in [0.25, 0.3) is 10.6 Å². The lowest BCUT2D eigenvalue weighted by atomic mass is 10.2. The molecule has 0 saturated heterocycles. The van der Waals surface area contributed by atoms with E-state index in [0.29, 0.717) is 11.7 Å². The number of rotatable bonds is 4. The molecule has 0 radical (unpaired) electrons. The smallest absolute Gasteiger partial charge is 0.273 e. The molecule has 1 aliphatic rings. The van der Waals surface area contributed by atoms with E-state index < -0.39 is 0 Å². The standard InChI is InChI=1S/C17H20N2OS/c1-11(2)19(14-8-9-14)17(20)15-10-21-16(18-15)13-6-4-12(3)5-7-13/h4-7,10-11,14H,8-9H2,1-3H3. The number of hydrogen-bond donors (Lipinski definition) is 0. The zero-order chi connectivity index (χ0) is 15.0. The zero-order valence-electron chi connectivity index (χ0n) is 12.7. The number of benzene rings is 1. The van der Waals surface area contributed by atoms with E-state index in [1.54, 1.807) is 0 Å². The molecule has 1 fully saturated rings. The first-order valence-corrected chi connectivity index (χ1v) is 8.29. The van der Waals surface area contributed by atoms with Crippen LogP contribution in [0, 0.1) is 6.92 Å². The summed E-state index contributed by atoms with van der Waals surface area (Å²) in [6.07, 6.45) is 2.25. The van der Waals surface area contributed by atoms with Crippen molar-refractivity contribution in [1.82, 2.24) is 9.88 Å². The molecule has 4 heteroatoms. The average Bonchev–Trinajstić information content (AvgIpc) is 3.15. The number of carbonyl (C=O) groups is 1. The molecule has 21 heavy (non-hydrogen) atoms. The first kappa shape index (κ1) is 14.3. The Morgan fingerprint density at radius 1 is 1.29 bits per heavy atom. The van der Waals surface area contributed by atoms with Crippen LogP contribution in [-0.4, -0.2) is 27.9 Å². The van der Waals surface area contributed by atoms with E-state index in [9.17, 15) is 4.79 Å². The molecule has 1 saturated carbocycles. The Bertz CT molecular complexity index is 639. The summed E-state index contributed by atoms with van der Waals surface area (Å²) >= 11 is 1.54. The lowest BCUT2D eigenvalue weighted by molar-refractivity contribution is 0.0685. The summed E-state index contributed by atoms with van der Waals surface area (Å²) in [5.41, 5.74) is 2.88. The third-order valence-corrected chi connectivity index (χ3v) is 4.64. The normalized spacial score (nSPS) is 14.5. The minimum Gasteiger partial charge on any atom is -0.332 e. The lowest BCUT2D eigenvalue weighted by Gasteiger charge is -2.25. The summed E-state index contributed by atoms with van der Waals surface area (Å²) in [5.74, 6) is 0.0714. The van der Waals surface area contributed by atoms with Crippen molar-refractivity contribution in [2.45, 2.75) is 45.7 Å². The van der Waals surface area contributed by atoms with Gasteiger partial charge >= 0.3 is 0 Å². The van der Waals surface area contributed by atoms with E-state index in [1.807, 2.05) is 10.3 Å². The van der Waals surface area contributed by atoms with Gasteiger partial charge in [0.15, 0.2) is 0 Å². The van der Waals surface area contributed by atoms with Gasteiger partial charge in [0, 0.05) is 23.0 Å². The van der Waals surface area contributed by atoms with Crippen LogP contribution in [0.3, 0.4) is 0 Å². The van der Waals surface area contributed by atoms with Gasteiger partial charge in [0.2, 0.25) is 0 Å². The Labute approximate surface area is 129 Å². The Morgan fingerprint density at radius 3 is 2.52 bits per heavy atom. The van der Waals surface area contributed by atoms with E-state index >= 15 is 0 Å². The first-order chi connectivity index (χ1) is 10.1. The highest BCUT2D eigenvalue weighted by atomic mass is 32.1. The molecule has 0 spiro atoms. The highest BCUT2D eigenvalue weighted by molar-refractivity contribution is 7.13. The topological polar surface area (TPSA) is 33.2 Å². The summed E-state index contributed by atoms with van der Waals surface area (Å²) in [6, 6.07) is 8.91. The second-order valence-corrected chi connectivity index (χ2v) is 6.80. The number of amides is 1. The van der Waals surface area contributed by atoms with Crippen molar-refractivity contribution in [3.8, 4) is 10.6 Å². The molecule has 0 atom stereocenters. The van der Waals surface area contributed by atoms with Gasteiger partial charge in [0.05, 0.1) is 0 Å². The molecule has 3 rings (SSSR count). The van der Waals surface area contributed by atoms with Crippen LogP contribution < -0.4 is 0 Å². The first-order valence-electron chi connectivity index (χ1n) is 7.41. The van der Waals surface area contributed by atoms with Crippen LogP contribution in [0.15, 0.2) is 29.6 Å². The fourth-order valence-electron chi connectivity index (χ4n) is 2.51. The van der Waals surface area contributed by atoms with Crippen LogP contribution >= 0.6 is 11.3 Å². The molecule has 0 N–H and O–H groups in total. The zero-order valence-corrected chi connectivity index (χ0v) is 13.5. The lowest BCUT2D eigenvalue weighted by Crippen LogP contribution is -2.38. The van der Waals surface area contributed by atoms with Gasteiger partial charge in [-0.3, -0.25) is 4.79 Å². The summed E-state index contributed by atoms with van der Waals surface area (Å²) in [4.78, 5) is 19.2. The van der Waals surface area contributed by atoms with E-state index in [0.717, 1.165) is 23.4 Å². The molecule has 1 aromatic carbocycles. The number of thiazole rings is 1. The highest BCUT2D eigenvalue weighted by Gasteiger charge is 2.35. The molecule has 3 nitrogen and oxygen atoms in total. The molecule has 1 heterocycles. The van der Waals surface area contributed by atoms with Gasteiger partial charge in [-0.15, -0.1) is 11.3 Å². The van der Waals surface area contributed by atoms with E-state index in [4.69, 9.17) is 0 Å². The van der Waals surface area contributed by atoms with E-state index in [-0.39, 0.29) is 11.9 Å². The van der Waals surface area contributed by atoms with Crippen LogP contribution in [0.2, 0.25) is 0 Å². The Kier molecular flexibility index (Phi) is 3.81. The molecule has 0 aliphatic heterocycles. The molecule has 1 amide bonds. The summed E-state index contributed by atoms with van der Waals surface area (Å²) in [5, 5.41) is 2.80. The summed E-state index contributed by atoms with van der Waals surface area (Å²) < 4.78 is 0. The SMILES string of the molecule is Cc1ccc(-c2nc(C(=O)N(C(C)C)C3CC3)cs2)cc1. The van der Waals surface area contributed by atoms with Gasteiger partial charge in [0.25, 0.3) is 5.91 Å². The molecule has 0 bridgehead atoms. The van der Waals surface area contributed by atoms with Crippen molar-refractivity contribution in [2.24, 2.45) is 0 Å². The summed E-state index contributed by atoms with van der Waals surface area (Å²) in [6.45, 7) is 6.21. The van der Waals surface area contributed by atoms with Crippen LogP contribution in [-0.2, 0) is 0 Å². The van der Waals surface area contributed by atoms with Crippen LogP contribution in [0.4, 0.5) is 0 Å². The Balaban J connectivity index is 1.84. The molecule has 1 aliphatic carbocycles. The van der Waals surface area contributed by atoms with Gasteiger partial charge in [0.1, 0.15) is 10.7 Å². The quantitative estimate of drug-likeness (QED) is 0.850. The van der Waals surface area contributed by atoms with Crippen molar-refractivity contribution in [2.75, 3.05) is 0 Å². The minimum absolute atomic E-state index is 0.0714. The Morgan fingerprint density at radius 2 is 1.95 bits per heavy atom. The fourth-order valence-corrected chi connectivity index (χ4v) is 3.31. The Hall–Kier alpha value is -1.68. The van der Waals surface area contributed by atoms with Crippen LogP contribution in [0.5, 0.6) is 0 Å². The fraction of sp³-hybridized carbons (Fsp3) is 0.412. The average molecular weight is 300 g/mol. The molecular formula is C17H20N2OS. The van der Waals surface area contributed by atoms with Crippen molar-refractivity contribution >= 4 is 17.2 Å². The van der Waals surface area contributed by atoms with E-state index in [1.165, 1.54) is 16.9 Å². The highest BCUT2D eigenvalue weighted by Crippen LogP contribution is 2.31. The predicted molar refractivity (Wildman–Crippen MR) is 86.6 cm³/mol. The van der Waals surface area contributed by atoms with Crippen LogP contribution in [0.1, 0.15) is 42.7 Å². The summed E-state index contributed by atoms with van der Waals surface area (Å²) in [7, 11) is 0. The van der Waals surface area contributed by atoms with Gasteiger partial charge in [-0.2, -0.15) is 0 Å². The van der Waals surface area contributed by atoms with Crippen molar-refractivity contribution in [3.63, 3.8) is 0 Å². The number of aryl methyl sites for hydroxylation is 1. The molecule has 0 unspecified atom stereocenters. The minimum atomic E-state index is 0.0714. The second kappa shape index (κ2) is 5.60. The maximum Gasteiger partial charge on any atom is 0.273 e. The number of hydrogen-bond acceptors (Lipinski definition) is 3. The third-order valence-electron chi connectivity index (χ3n) is 3.75. The monoisotopic (exact) mass is 300 g/mol. The maximum atomic E-state index is 12.6. The number of aromatic nitrogens is 1. The molecule has 1 aromatic heterocycles. The third kappa shape index (κ3) is 3.00. The predicted octanol–water partition coefficient (Wildman–Crippen LogP) is 4.13. The molecule has 2 aromatic rings. The second-order valence-electron chi connectivity index (χ2n) is 5.94. The van der Waals surface area contributed by atoms with Crippen molar-refractivity contribution < 1.29 is 4.79 Å². The maximum absolute atomic E-state index is 12.6. The van der Waals surface area contributed by atoms with Gasteiger partial charge in [-0.05, 0) is 33.6 Å². The molecule has 110 valence electrons. The number of nitrogens with zero attached hydrogens (tertiary/aromatic N) is 2. The van der Waals surface area contributed by atoms with Crippen molar-refractivity contribution in [1.29, 1.82) is 0 Å². The van der Waals surface area contributed by atoms with Gasteiger partial charge < -0.3 is 4.90 Å². The number of carbonyl (C=O) groups excluding carboxylic acids is 1. The molecular weight excluding hydrogens is 280 g/mol.